The highest BCUT2D eigenvalue weighted by atomic mass is 79.9. The van der Waals surface area contributed by atoms with Crippen LogP contribution in [0.2, 0.25) is 0 Å². The van der Waals surface area contributed by atoms with Gasteiger partial charge in [-0.1, -0.05) is 15.9 Å². The number of hydrogen-bond donors (Lipinski definition) is 1. The Labute approximate surface area is 133 Å². The van der Waals surface area contributed by atoms with E-state index in [4.69, 9.17) is 0 Å². The van der Waals surface area contributed by atoms with E-state index in [0.717, 1.165) is 27.8 Å². The predicted octanol–water partition coefficient (Wildman–Crippen LogP) is 2.82. The molecule has 0 aliphatic carbocycles. The van der Waals surface area contributed by atoms with Gasteiger partial charge in [-0.05, 0) is 25.1 Å². The molecule has 3 heterocycles. The molecule has 1 aromatic carbocycles. The highest BCUT2D eigenvalue weighted by Gasteiger charge is 2.11. The fourth-order valence-corrected chi connectivity index (χ4v) is 2.87. The normalized spacial score (nSPS) is 11.5. The first-order valence-corrected chi connectivity index (χ1v) is 7.69. The number of hydrogen-bond acceptors (Lipinski definition) is 3. The summed E-state index contributed by atoms with van der Waals surface area (Å²) in [6.07, 6.45) is 3.72. The van der Waals surface area contributed by atoms with Crippen LogP contribution in [-0.2, 0) is 6.54 Å². The van der Waals surface area contributed by atoms with Gasteiger partial charge in [-0.3, -0.25) is 9.48 Å². The molecular formula is C15H12BrN5O. The molecule has 7 heteroatoms. The summed E-state index contributed by atoms with van der Waals surface area (Å²) < 4.78 is 4.50. The average Bonchev–Trinajstić information content (AvgIpc) is 3.13. The van der Waals surface area contributed by atoms with Gasteiger partial charge < -0.3 is 4.98 Å². The van der Waals surface area contributed by atoms with E-state index in [-0.39, 0.29) is 5.56 Å². The zero-order valence-corrected chi connectivity index (χ0v) is 13.3. The number of nitrogens with zero attached hydrogens (tertiary/aromatic N) is 4. The quantitative estimate of drug-likeness (QED) is 0.599. The lowest BCUT2D eigenvalue weighted by atomic mass is 10.2. The largest absolute Gasteiger partial charge is 0.306 e. The van der Waals surface area contributed by atoms with Crippen LogP contribution in [0.5, 0.6) is 0 Å². The van der Waals surface area contributed by atoms with E-state index in [0.29, 0.717) is 11.0 Å². The van der Waals surface area contributed by atoms with Crippen molar-refractivity contribution in [2.24, 2.45) is 0 Å². The second kappa shape index (κ2) is 4.81. The van der Waals surface area contributed by atoms with Gasteiger partial charge >= 0.3 is 0 Å². The third-order valence-electron chi connectivity index (χ3n) is 3.64. The molecule has 0 unspecified atom stereocenters. The Kier molecular flexibility index (Phi) is 2.90. The molecule has 110 valence electrons. The number of fused-ring (bicyclic) bond motifs is 3. The highest BCUT2D eigenvalue weighted by Crippen LogP contribution is 2.22. The zero-order chi connectivity index (χ0) is 15.3. The minimum Gasteiger partial charge on any atom is -0.306 e. The lowest BCUT2D eigenvalue weighted by Crippen LogP contribution is -2.09. The SMILES string of the molecule is CCn1cc(-c2cc3[nH]c(=O)c4ccc(Br)cc4n3n2)cn1. The lowest BCUT2D eigenvalue weighted by molar-refractivity contribution is 0.660. The third-order valence-corrected chi connectivity index (χ3v) is 4.13. The van der Waals surface area contributed by atoms with Gasteiger partial charge in [0.2, 0.25) is 0 Å². The molecule has 0 atom stereocenters. The maximum atomic E-state index is 12.2. The van der Waals surface area contributed by atoms with Gasteiger partial charge in [0, 0.05) is 28.8 Å². The summed E-state index contributed by atoms with van der Waals surface area (Å²) >= 11 is 3.44. The van der Waals surface area contributed by atoms with Crippen LogP contribution in [0.1, 0.15) is 6.92 Å². The summed E-state index contributed by atoms with van der Waals surface area (Å²) in [5, 5.41) is 9.48. The number of H-pyrrole nitrogens is 1. The number of aromatic amines is 1. The van der Waals surface area contributed by atoms with Crippen LogP contribution in [0, 0.1) is 0 Å². The maximum Gasteiger partial charge on any atom is 0.259 e. The van der Waals surface area contributed by atoms with E-state index in [1.165, 1.54) is 0 Å². The molecule has 0 aliphatic rings. The molecule has 1 N–H and O–H groups in total. The summed E-state index contributed by atoms with van der Waals surface area (Å²) in [6.45, 7) is 2.84. The Morgan fingerprint density at radius 2 is 2.18 bits per heavy atom. The number of halogens is 1. The molecule has 0 saturated heterocycles. The first kappa shape index (κ1) is 13.3. The average molecular weight is 358 g/mol. The van der Waals surface area contributed by atoms with Crippen molar-refractivity contribution in [2.45, 2.75) is 13.5 Å². The van der Waals surface area contributed by atoms with Crippen LogP contribution >= 0.6 is 15.9 Å². The predicted molar refractivity (Wildman–Crippen MR) is 87.9 cm³/mol. The summed E-state index contributed by atoms with van der Waals surface area (Å²) in [6, 6.07) is 7.38. The van der Waals surface area contributed by atoms with E-state index < -0.39 is 0 Å². The summed E-state index contributed by atoms with van der Waals surface area (Å²) in [5.74, 6) is 0. The van der Waals surface area contributed by atoms with Crippen molar-refractivity contribution < 1.29 is 0 Å². The van der Waals surface area contributed by atoms with Crippen molar-refractivity contribution >= 4 is 32.5 Å². The molecule has 0 amide bonds. The molecule has 0 aliphatic heterocycles. The second-order valence-corrected chi connectivity index (χ2v) is 5.94. The molecule has 4 aromatic rings. The number of nitrogens with one attached hydrogen (secondary N) is 1. The van der Waals surface area contributed by atoms with E-state index in [1.54, 1.807) is 16.8 Å². The molecular weight excluding hydrogens is 346 g/mol. The standard InChI is InChI=1S/C15H12BrN5O/c1-2-20-8-9(7-17-20)12-6-14-18-15(22)11-4-3-10(16)5-13(11)21(14)19-12/h3-8H,2H2,1H3,(H,18,22). The van der Waals surface area contributed by atoms with Crippen molar-refractivity contribution in [3.63, 3.8) is 0 Å². The molecule has 4 rings (SSSR count). The van der Waals surface area contributed by atoms with E-state index in [1.807, 2.05) is 36.0 Å². The van der Waals surface area contributed by atoms with E-state index in [2.05, 4.69) is 31.1 Å². The molecule has 0 radical (unpaired) electrons. The monoisotopic (exact) mass is 357 g/mol. The maximum absolute atomic E-state index is 12.2. The fraction of sp³-hybridized carbons (Fsp3) is 0.133. The Morgan fingerprint density at radius 3 is 2.95 bits per heavy atom. The second-order valence-electron chi connectivity index (χ2n) is 5.03. The van der Waals surface area contributed by atoms with Crippen LogP contribution in [0.15, 0.2) is 45.9 Å². The number of benzene rings is 1. The van der Waals surface area contributed by atoms with Gasteiger partial charge in [0.15, 0.2) is 0 Å². The molecule has 0 bridgehead atoms. The van der Waals surface area contributed by atoms with Gasteiger partial charge in [0.05, 0.1) is 22.8 Å². The molecule has 0 spiro atoms. The number of rotatable bonds is 2. The lowest BCUT2D eigenvalue weighted by Gasteiger charge is -2.01. The van der Waals surface area contributed by atoms with Crippen molar-refractivity contribution in [3.05, 3.63) is 51.5 Å². The number of aryl methyl sites for hydroxylation is 1. The van der Waals surface area contributed by atoms with Crippen LogP contribution in [0.4, 0.5) is 0 Å². The fourth-order valence-electron chi connectivity index (χ4n) is 2.52. The molecule has 0 fully saturated rings. The van der Waals surface area contributed by atoms with Gasteiger partial charge in [0.25, 0.3) is 5.56 Å². The van der Waals surface area contributed by atoms with Gasteiger partial charge in [-0.2, -0.15) is 10.2 Å². The molecule has 0 saturated carbocycles. The summed E-state index contributed by atoms with van der Waals surface area (Å²) in [7, 11) is 0. The highest BCUT2D eigenvalue weighted by molar-refractivity contribution is 9.10. The molecule has 6 nitrogen and oxygen atoms in total. The Bertz CT molecular complexity index is 1060. The van der Waals surface area contributed by atoms with Crippen molar-refractivity contribution in [1.82, 2.24) is 24.4 Å². The van der Waals surface area contributed by atoms with Gasteiger partial charge in [0.1, 0.15) is 5.65 Å². The van der Waals surface area contributed by atoms with Crippen molar-refractivity contribution in [3.8, 4) is 11.3 Å². The Hall–Kier alpha value is -2.41. The minimum absolute atomic E-state index is 0.120. The van der Waals surface area contributed by atoms with E-state index in [9.17, 15) is 4.79 Å². The minimum atomic E-state index is -0.120. The van der Waals surface area contributed by atoms with Crippen molar-refractivity contribution in [1.29, 1.82) is 0 Å². The third kappa shape index (κ3) is 1.97. The molecule has 3 aromatic heterocycles. The van der Waals surface area contributed by atoms with Gasteiger partial charge in [-0.25, -0.2) is 4.52 Å². The van der Waals surface area contributed by atoms with Crippen LogP contribution in [0.3, 0.4) is 0 Å². The first-order valence-electron chi connectivity index (χ1n) is 6.90. The summed E-state index contributed by atoms with van der Waals surface area (Å²) in [5.41, 5.74) is 3.01. The van der Waals surface area contributed by atoms with Gasteiger partial charge in [-0.15, -0.1) is 0 Å². The molecule has 22 heavy (non-hydrogen) atoms. The Morgan fingerprint density at radius 1 is 1.32 bits per heavy atom. The summed E-state index contributed by atoms with van der Waals surface area (Å²) in [4.78, 5) is 15.0. The topological polar surface area (TPSA) is 68.0 Å². The van der Waals surface area contributed by atoms with Crippen LogP contribution in [0.25, 0.3) is 27.8 Å². The van der Waals surface area contributed by atoms with Crippen LogP contribution in [-0.4, -0.2) is 24.4 Å². The van der Waals surface area contributed by atoms with Crippen LogP contribution < -0.4 is 5.56 Å². The number of aromatic nitrogens is 5. The first-order chi connectivity index (χ1) is 10.7. The smallest absolute Gasteiger partial charge is 0.259 e. The van der Waals surface area contributed by atoms with E-state index >= 15 is 0 Å². The Balaban J connectivity index is 2.02. The zero-order valence-electron chi connectivity index (χ0n) is 11.7. The van der Waals surface area contributed by atoms with Crippen molar-refractivity contribution in [2.75, 3.05) is 0 Å².